The van der Waals surface area contributed by atoms with Crippen LogP contribution in [0.1, 0.15) is 54.2 Å². The molecule has 0 aliphatic heterocycles. The lowest BCUT2D eigenvalue weighted by atomic mass is 10.00. The van der Waals surface area contributed by atoms with Gasteiger partial charge in [-0.05, 0) is 78.6 Å². The molecule has 0 radical (unpaired) electrons. The van der Waals surface area contributed by atoms with Crippen LogP contribution in [0.3, 0.4) is 0 Å². The van der Waals surface area contributed by atoms with E-state index in [1.165, 1.54) is 10.4 Å². The van der Waals surface area contributed by atoms with Crippen molar-refractivity contribution in [1.82, 2.24) is 30.1 Å². The summed E-state index contributed by atoms with van der Waals surface area (Å²) in [4.78, 5) is 20.4. The monoisotopic (exact) mass is 512 g/mol. The highest BCUT2D eigenvalue weighted by atomic mass is 32.1. The summed E-state index contributed by atoms with van der Waals surface area (Å²) >= 11 is 1.72. The molecule has 2 aromatic carbocycles. The number of aromatic nitrogens is 5. The van der Waals surface area contributed by atoms with Gasteiger partial charge >= 0.3 is 0 Å². The van der Waals surface area contributed by atoms with E-state index in [-0.39, 0.29) is 11.1 Å². The Bertz CT molecular complexity index is 1530. The van der Waals surface area contributed by atoms with E-state index in [0.717, 1.165) is 29.4 Å². The van der Waals surface area contributed by atoms with Crippen LogP contribution in [0.2, 0.25) is 0 Å². The Morgan fingerprint density at radius 2 is 1.86 bits per heavy atom. The SMILES string of the molecule is Cc1cccc2cc(C(c3nnnn3C(C)(C)C)N(CCc3ccccc3)Cc3cccs3)c(=O)[nH]c12. The fraction of sp³-hybridized carbons (Fsp3) is 0.310. The van der Waals surface area contributed by atoms with Gasteiger partial charge in [-0.2, -0.15) is 0 Å². The summed E-state index contributed by atoms with van der Waals surface area (Å²) in [6.07, 6.45) is 0.838. The zero-order valence-electron chi connectivity index (χ0n) is 21.7. The van der Waals surface area contributed by atoms with Crippen molar-refractivity contribution in [2.45, 2.75) is 52.2 Å². The van der Waals surface area contributed by atoms with Crippen LogP contribution in [-0.4, -0.2) is 36.6 Å². The number of para-hydroxylation sites is 1. The average Bonchev–Trinajstić information content (AvgIpc) is 3.57. The Balaban J connectivity index is 1.68. The molecule has 1 unspecified atom stereocenters. The predicted octanol–water partition coefficient (Wildman–Crippen LogP) is 5.47. The van der Waals surface area contributed by atoms with Crippen molar-refractivity contribution < 1.29 is 0 Å². The summed E-state index contributed by atoms with van der Waals surface area (Å²) < 4.78 is 1.85. The van der Waals surface area contributed by atoms with Gasteiger partial charge in [-0.1, -0.05) is 54.6 Å². The molecule has 190 valence electrons. The lowest BCUT2D eigenvalue weighted by molar-refractivity contribution is 0.196. The molecule has 0 fully saturated rings. The Labute approximate surface area is 220 Å². The van der Waals surface area contributed by atoms with Crippen LogP contribution in [0, 0.1) is 6.92 Å². The van der Waals surface area contributed by atoms with E-state index in [1.807, 2.05) is 41.9 Å². The highest BCUT2D eigenvalue weighted by molar-refractivity contribution is 7.09. The van der Waals surface area contributed by atoms with Crippen LogP contribution in [0.4, 0.5) is 0 Å². The molecule has 1 atom stereocenters. The van der Waals surface area contributed by atoms with Gasteiger partial charge in [0.25, 0.3) is 5.56 Å². The van der Waals surface area contributed by atoms with Gasteiger partial charge < -0.3 is 4.98 Å². The lowest BCUT2D eigenvalue weighted by Gasteiger charge is -2.32. The predicted molar refractivity (Wildman–Crippen MR) is 149 cm³/mol. The lowest BCUT2D eigenvalue weighted by Crippen LogP contribution is -2.38. The van der Waals surface area contributed by atoms with Crippen LogP contribution in [-0.2, 0) is 18.5 Å². The van der Waals surface area contributed by atoms with E-state index in [0.29, 0.717) is 17.9 Å². The smallest absolute Gasteiger partial charge is 0.253 e. The molecule has 0 saturated carbocycles. The second-order valence-corrected chi connectivity index (χ2v) is 11.4. The summed E-state index contributed by atoms with van der Waals surface area (Å²) in [5.41, 5.74) is 3.31. The molecule has 0 bridgehead atoms. The standard InChI is InChI=1S/C29H32N6OS/c1-20-10-8-13-22-18-24(28(36)30-25(20)22)26(27-31-32-33-35(27)29(2,3)4)34(19-23-14-9-17-37-23)16-15-21-11-6-5-7-12-21/h5-14,17-18,26H,15-16,19H2,1-4H3,(H,30,36). The Hall–Kier alpha value is -3.62. The molecule has 0 spiro atoms. The van der Waals surface area contributed by atoms with Crippen LogP contribution < -0.4 is 5.56 Å². The number of rotatable bonds is 8. The molecule has 0 aliphatic carbocycles. The molecule has 0 saturated heterocycles. The topological polar surface area (TPSA) is 79.7 Å². The zero-order chi connectivity index (χ0) is 26.0. The summed E-state index contributed by atoms with van der Waals surface area (Å²) in [7, 11) is 0. The van der Waals surface area contributed by atoms with Crippen LogP contribution in [0.15, 0.2) is 76.9 Å². The van der Waals surface area contributed by atoms with E-state index in [1.54, 1.807) is 11.3 Å². The van der Waals surface area contributed by atoms with E-state index >= 15 is 0 Å². The highest BCUT2D eigenvalue weighted by Gasteiger charge is 2.33. The van der Waals surface area contributed by atoms with Crippen molar-refractivity contribution in [2.24, 2.45) is 0 Å². The molecule has 7 nitrogen and oxygen atoms in total. The molecule has 3 aromatic heterocycles. The number of tetrazole rings is 1. The first kappa shape index (κ1) is 25.0. The van der Waals surface area contributed by atoms with Crippen LogP contribution >= 0.6 is 11.3 Å². The fourth-order valence-electron chi connectivity index (χ4n) is 4.76. The van der Waals surface area contributed by atoms with Crippen molar-refractivity contribution in [1.29, 1.82) is 0 Å². The third kappa shape index (κ3) is 5.40. The Kier molecular flexibility index (Phi) is 7.04. The van der Waals surface area contributed by atoms with Gasteiger partial charge in [0.2, 0.25) is 0 Å². The number of hydrogen-bond donors (Lipinski definition) is 1. The number of fused-ring (bicyclic) bond motifs is 1. The first-order valence-electron chi connectivity index (χ1n) is 12.5. The van der Waals surface area contributed by atoms with E-state index in [9.17, 15) is 4.79 Å². The maximum Gasteiger partial charge on any atom is 0.253 e. The van der Waals surface area contributed by atoms with Crippen molar-refractivity contribution in [3.63, 3.8) is 0 Å². The normalized spacial score (nSPS) is 12.9. The second kappa shape index (κ2) is 10.4. The molecule has 0 amide bonds. The van der Waals surface area contributed by atoms with Crippen molar-refractivity contribution in [2.75, 3.05) is 6.54 Å². The van der Waals surface area contributed by atoms with Gasteiger partial charge in [0.05, 0.1) is 11.1 Å². The largest absolute Gasteiger partial charge is 0.321 e. The minimum atomic E-state index is -0.436. The number of aryl methyl sites for hydroxylation is 1. The zero-order valence-corrected chi connectivity index (χ0v) is 22.5. The van der Waals surface area contributed by atoms with Gasteiger partial charge in [-0.15, -0.1) is 16.4 Å². The fourth-order valence-corrected chi connectivity index (χ4v) is 5.49. The third-order valence-corrected chi connectivity index (χ3v) is 7.48. The molecular formula is C29H32N6OS. The number of hydrogen-bond acceptors (Lipinski definition) is 6. The van der Waals surface area contributed by atoms with Gasteiger partial charge in [0.15, 0.2) is 5.82 Å². The maximum atomic E-state index is 13.7. The number of thiophene rings is 1. The summed E-state index contributed by atoms with van der Waals surface area (Å²) in [5, 5.41) is 16.0. The maximum absolute atomic E-state index is 13.7. The quantitative estimate of drug-likeness (QED) is 0.298. The van der Waals surface area contributed by atoms with Crippen molar-refractivity contribution >= 4 is 22.2 Å². The number of aromatic amines is 1. The molecule has 5 aromatic rings. The molecule has 0 aliphatic rings. The van der Waals surface area contributed by atoms with Gasteiger partial charge in [0.1, 0.15) is 6.04 Å². The average molecular weight is 513 g/mol. The van der Waals surface area contributed by atoms with Crippen molar-refractivity contribution in [3.8, 4) is 0 Å². The van der Waals surface area contributed by atoms with Gasteiger partial charge in [-0.25, -0.2) is 4.68 Å². The molecule has 5 rings (SSSR count). The Morgan fingerprint density at radius 3 is 2.59 bits per heavy atom. The number of nitrogens with zero attached hydrogens (tertiary/aromatic N) is 5. The van der Waals surface area contributed by atoms with Gasteiger partial charge in [-0.3, -0.25) is 9.69 Å². The minimum Gasteiger partial charge on any atom is -0.321 e. The first-order chi connectivity index (χ1) is 17.8. The number of benzene rings is 2. The second-order valence-electron chi connectivity index (χ2n) is 10.4. The van der Waals surface area contributed by atoms with Crippen LogP contribution in [0.5, 0.6) is 0 Å². The number of nitrogens with one attached hydrogen (secondary N) is 1. The molecule has 8 heteroatoms. The Morgan fingerprint density at radius 1 is 1.05 bits per heavy atom. The number of pyridine rings is 1. The van der Waals surface area contributed by atoms with Gasteiger partial charge in [0, 0.05) is 23.5 Å². The third-order valence-electron chi connectivity index (χ3n) is 6.62. The molecular weight excluding hydrogens is 480 g/mol. The summed E-state index contributed by atoms with van der Waals surface area (Å²) in [6.45, 7) is 9.65. The van der Waals surface area contributed by atoms with Crippen molar-refractivity contribution in [3.05, 3.63) is 110 Å². The molecule has 37 heavy (non-hydrogen) atoms. The summed E-state index contributed by atoms with van der Waals surface area (Å²) in [6, 6.07) is 22.3. The van der Waals surface area contributed by atoms with E-state index in [2.05, 4.69) is 88.0 Å². The van der Waals surface area contributed by atoms with Crippen LogP contribution in [0.25, 0.3) is 10.9 Å². The number of H-pyrrole nitrogens is 1. The van der Waals surface area contributed by atoms with E-state index in [4.69, 9.17) is 0 Å². The van der Waals surface area contributed by atoms with E-state index < -0.39 is 6.04 Å². The highest BCUT2D eigenvalue weighted by Crippen LogP contribution is 2.31. The molecule has 1 N–H and O–H groups in total. The summed E-state index contributed by atoms with van der Waals surface area (Å²) in [5.74, 6) is 0.662. The molecule has 3 heterocycles. The first-order valence-corrected chi connectivity index (χ1v) is 13.4. The minimum absolute atomic E-state index is 0.119.